The monoisotopic (exact) mass is 312 g/mol. The van der Waals surface area contributed by atoms with E-state index in [9.17, 15) is 9.18 Å². The highest BCUT2D eigenvalue weighted by atomic mass is 32.2. The number of amides is 2. The molecule has 1 aliphatic rings. The van der Waals surface area contributed by atoms with E-state index in [0.29, 0.717) is 13.1 Å². The van der Waals surface area contributed by atoms with Crippen molar-refractivity contribution < 1.29 is 13.9 Å². The minimum absolute atomic E-state index is 0.228. The van der Waals surface area contributed by atoms with Crippen LogP contribution in [0.1, 0.15) is 18.4 Å². The van der Waals surface area contributed by atoms with E-state index in [4.69, 9.17) is 4.74 Å². The molecule has 2 N–H and O–H groups in total. The van der Waals surface area contributed by atoms with Gasteiger partial charge >= 0.3 is 6.03 Å². The molecule has 2 rings (SSSR count). The lowest BCUT2D eigenvalue weighted by Crippen LogP contribution is -2.49. The zero-order valence-corrected chi connectivity index (χ0v) is 13.0. The van der Waals surface area contributed by atoms with Crippen molar-refractivity contribution in [2.45, 2.75) is 25.0 Å². The third-order valence-corrected chi connectivity index (χ3v) is 4.76. The lowest BCUT2D eigenvalue weighted by Gasteiger charge is -2.35. The Labute approximate surface area is 128 Å². The minimum Gasteiger partial charge on any atom is -0.376 e. The molecule has 4 nitrogen and oxygen atoms in total. The Bertz CT molecular complexity index is 461. The summed E-state index contributed by atoms with van der Waals surface area (Å²) in [6.07, 6.45) is 1.90. The fourth-order valence-electron chi connectivity index (χ4n) is 2.28. The molecular weight excluding hydrogens is 291 g/mol. The molecule has 0 saturated carbocycles. The van der Waals surface area contributed by atoms with Crippen molar-refractivity contribution >= 4 is 17.8 Å². The van der Waals surface area contributed by atoms with Gasteiger partial charge in [-0.15, -0.1) is 0 Å². The van der Waals surface area contributed by atoms with Crippen LogP contribution in [0.2, 0.25) is 0 Å². The molecule has 1 aliphatic heterocycles. The van der Waals surface area contributed by atoms with E-state index in [2.05, 4.69) is 10.6 Å². The van der Waals surface area contributed by atoms with Gasteiger partial charge in [-0.25, -0.2) is 9.18 Å². The number of carbonyl (C=O) groups excluding carboxylic acids is 1. The van der Waals surface area contributed by atoms with Crippen LogP contribution in [-0.2, 0) is 11.3 Å². The van der Waals surface area contributed by atoms with Crippen molar-refractivity contribution in [3.8, 4) is 0 Å². The van der Waals surface area contributed by atoms with Gasteiger partial charge in [0, 0.05) is 20.2 Å². The second-order valence-corrected chi connectivity index (χ2v) is 6.39. The fraction of sp³-hybridized carbons (Fsp3) is 0.533. The van der Waals surface area contributed by atoms with Crippen LogP contribution in [0, 0.1) is 5.82 Å². The van der Waals surface area contributed by atoms with Crippen molar-refractivity contribution in [1.29, 1.82) is 0 Å². The van der Waals surface area contributed by atoms with Crippen molar-refractivity contribution in [2.24, 2.45) is 0 Å². The summed E-state index contributed by atoms with van der Waals surface area (Å²) in [4.78, 5) is 11.8. The van der Waals surface area contributed by atoms with Gasteiger partial charge < -0.3 is 15.4 Å². The third kappa shape index (κ3) is 4.89. The molecule has 0 aromatic heterocycles. The number of methoxy groups -OCH3 is 1. The maximum absolute atomic E-state index is 12.8. The zero-order chi connectivity index (χ0) is 15.1. The molecule has 0 radical (unpaired) electrons. The van der Waals surface area contributed by atoms with Gasteiger partial charge in [0.05, 0.1) is 5.60 Å². The summed E-state index contributed by atoms with van der Waals surface area (Å²) < 4.78 is 18.4. The van der Waals surface area contributed by atoms with Gasteiger partial charge in [0.2, 0.25) is 0 Å². The number of ether oxygens (including phenoxy) is 1. The third-order valence-electron chi connectivity index (χ3n) is 3.77. The number of thioether (sulfide) groups is 1. The van der Waals surface area contributed by atoms with Crippen LogP contribution in [0.25, 0.3) is 0 Å². The number of urea groups is 1. The SMILES string of the molecule is COC1(CNC(=O)NCc2ccc(F)cc2)CCSCC1. The Hall–Kier alpha value is -1.27. The first kappa shape index (κ1) is 16.1. The van der Waals surface area contributed by atoms with Crippen molar-refractivity contribution in [2.75, 3.05) is 25.2 Å². The molecule has 2 amide bonds. The van der Waals surface area contributed by atoms with E-state index in [1.54, 1.807) is 19.2 Å². The van der Waals surface area contributed by atoms with Gasteiger partial charge in [0.1, 0.15) is 5.82 Å². The van der Waals surface area contributed by atoms with Gasteiger partial charge in [0.25, 0.3) is 0 Å². The predicted molar refractivity (Wildman–Crippen MR) is 82.9 cm³/mol. The first-order chi connectivity index (χ1) is 10.1. The summed E-state index contributed by atoms with van der Waals surface area (Å²) in [6, 6.07) is 5.85. The highest BCUT2D eigenvalue weighted by Gasteiger charge is 2.32. The van der Waals surface area contributed by atoms with E-state index in [1.165, 1.54) is 12.1 Å². The summed E-state index contributed by atoms with van der Waals surface area (Å²) in [6.45, 7) is 0.890. The molecule has 21 heavy (non-hydrogen) atoms. The molecule has 6 heteroatoms. The summed E-state index contributed by atoms with van der Waals surface area (Å²) in [7, 11) is 1.70. The largest absolute Gasteiger partial charge is 0.376 e. The summed E-state index contributed by atoms with van der Waals surface area (Å²) in [5.41, 5.74) is 0.625. The molecule has 0 atom stereocenters. The average Bonchev–Trinajstić information content (AvgIpc) is 2.53. The number of benzene rings is 1. The van der Waals surface area contributed by atoms with Gasteiger partial charge in [-0.3, -0.25) is 0 Å². The molecule has 1 fully saturated rings. The topological polar surface area (TPSA) is 50.4 Å². The summed E-state index contributed by atoms with van der Waals surface area (Å²) in [5.74, 6) is 1.85. The van der Waals surface area contributed by atoms with E-state index in [1.807, 2.05) is 11.8 Å². The van der Waals surface area contributed by atoms with Crippen LogP contribution in [-0.4, -0.2) is 36.8 Å². The average molecular weight is 312 g/mol. The first-order valence-electron chi connectivity index (χ1n) is 7.03. The van der Waals surface area contributed by atoms with Gasteiger partial charge in [-0.05, 0) is 42.0 Å². The van der Waals surface area contributed by atoms with Gasteiger partial charge in [-0.1, -0.05) is 12.1 Å². The molecule has 1 aromatic carbocycles. The number of rotatable bonds is 5. The zero-order valence-electron chi connectivity index (χ0n) is 12.2. The molecule has 0 spiro atoms. The molecule has 0 bridgehead atoms. The highest BCUT2D eigenvalue weighted by Crippen LogP contribution is 2.29. The van der Waals surface area contributed by atoms with E-state index in [0.717, 1.165) is 29.9 Å². The van der Waals surface area contributed by atoms with Gasteiger partial charge in [-0.2, -0.15) is 11.8 Å². The molecule has 116 valence electrons. The standard InChI is InChI=1S/C15H21FN2O2S/c1-20-15(6-8-21-9-7-15)11-18-14(19)17-10-12-2-4-13(16)5-3-12/h2-5H,6-11H2,1H3,(H2,17,18,19). The van der Waals surface area contributed by atoms with Crippen LogP contribution >= 0.6 is 11.8 Å². The Morgan fingerprint density at radius 3 is 2.57 bits per heavy atom. The summed E-state index contributed by atoms with van der Waals surface area (Å²) in [5, 5.41) is 5.63. The van der Waals surface area contributed by atoms with Crippen molar-refractivity contribution in [3.05, 3.63) is 35.6 Å². The Morgan fingerprint density at radius 2 is 1.95 bits per heavy atom. The Morgan fingerprint density at radius 1 is 1.29 bits per heavy atom. The lowest BCUT2D eigenvalue weighted by atomic mass is 9.96. The van der Waals surface area contributed by atoms with Crippen LogP contribution in [0.15, 0.2) is 24.3 Å². The maximum atomic E-state index is 12.8. The van der Waals surface area contributed by atoms with Gasteiger partial charge in [0.15, 0.2) is 0 Å². The lowest BCUT2D eigenvalue weighted by molar-refractivity contribution is -0.0137. The summed E-state index contributed by atoms with van der Waals surface area (Å²) >= 11 is 1.92. The Balaban J connectivity index is 1.75. The maximum Gasteiger partial charge on any atom is 0.315 e. The number of halogens is 1. The van der Waals surface area contributed by atoms with Crippen molar-refractivity contribution in [1.82, 2.24) is 10.6 Å². The molecule has 1 saturated heterocycles. The minimum atomic E-state index is -0.277. The fourth-order valence-corrected chi connectivity index (χ4v) is 3.52. The first-order valence-corrected chi connectivity index (χ1v) is 8.18. The molecule has 1 heterocycles. The smallest absolute Gasteiger partial charge is 0.315 e. The van der Waals surface area contributed by atoms with Crippen LogP contribution < -0.4 is 10.6 Å². The number of nitrogens with one attached hydrogen (secondary N) is 2. The quantitative estimate of drug-likeness (QED) is 0.878. The van der Waals surface area contributed by atoms with Crippen LogP contribution in [0.4, 0.5) is 9.18 Å². The molecular formula is C15H21FN2O2S. The highest BCUT2D eigenvalue weighted by molar-refractivity contribution is 7.99. The molecule has 0 aliphatic carbocycles. The van der Waals surface area contributed by atoms with E-state index in [-0.39, 0.29) is 17.4 Å². The number of carbonyl (C=O) groups is 1. The van der Waals surface area contributed by atoms with Crippen molar-refractivity contribution in [3.63, 3.8) is 0 Å². The second kappa shape index (κ2) is 7.66. The molecule has 1 aromatic rings. The van der Waals surface area contributed by atoms with Crippen LogP contribution in [0.5, 0.6) is 0 Å². The number of hydrogen-bond donors (Lipinski definition) is 2. The van der Waals surface area contributed by atoms with E-state index >= 15 is 0 Å². The Kier molecular flexibility index (Phi) is 5.87. The molecule has 0 unspecified atom stereocenters. The van der Waals surface area contributed by atoms with E-state index < -0.39 is 0 Å². The normalized spacial score (nSPS) is 17.2. The predicted octanol–water partition coefficient (Wildman–Crippen LogP) is 2.54. The van der Waals surface area contributed by atoms with Crippen LogP contribution in [0.3, 0.4) is 0 Å². The number of hydrogen-bond acceptors (Lipinski definition) is 3. The second-order valence-electron chi connectivity index (χ2n) is 5.16.